The molecule has 1 aliphatic heterocycles. The van der Waals surface area contributed by atoms with Crippen LogP contribution in [-0.2, 0) is 0 Å². The Bertz CT molecular complexity index is 631. The number of anilines is 1. The Labute approximate surface area is 130 Å². The molecule has 3 heterocycles. The van der Waals surface area contributed by atoms with Crippen molar-refractivity contribution >= 4 is 45.3 Å². The van der Waals surface area contributed by atoms with Crippen molar-refractivity contribution in [3.05, 3.63) is 31.9 Å². The maximum absolute atomic E-state index is 12.3. The van der Waals surface area contributed by atoms with Gasteiger partial charge in [-0.15, -0.1) is 11.3 Å². The zero-order valence-electron chi connectivity index (χ0n) is 10.9. The molecule has 1 amide bonds. The van der Waals surface area contributed by atoms with Crippen LogP contribution >= 0.6 is 34.3 Å². The number of halogens is 1. The summed E-state index contributed by atoms with van der Waals surface area (Å²) in [7, 11) is 0. The van der Waals surface area contributed by atoms with Crippen LogP contribution in [0.1, 0.15) is 39.0 Å². The molecular formula is C13H14ClN3OS2. The van der Waals surface area contributed by atoms with Gasteiger partial charge in [0.1, 0.15) is 4.34 Å². The molecule has 1 fully saturated rings. The van der Waals surface area contributed by atoms with E-state index in [1.165, 1.54) is 28.8 Å². The highest BCUT2D eigenvalue weighted by Gasteiger charge is 2.22. The van der Waals surface area contributed by atoms with Gasteiger partial charge in [0.15, 0.2) is 5.13 Å². The molecule has 0 bridgehead atoms. The van der Waals surface area contributed by atoms with E-state index in [4.69, 9.17) is 11.6 Å². The van der Waals surface area contributed by atoms with Crippen LogP contribution in [0.5, 0.6) is 0 Å². The number of thiazole rings is 1. The molecule has 1 saturated heterocycles. The summed E-state index contributed by atoms with van der Waals surface area (Å²) in [5.41, 5.74) is 0.727. The molecule has 2 N–H and O–H groups in total. The summed E-state index contributed by atoms with van der Waals surface area (Å²) in [5.74, 6) is -0.117. The maximum Gasteiger partial charge on any atom is 0.258 e. The van der Waals surface area contributed by atoms with Gasteiger partial charge in [-0.3, -0.25) is 10.1 Å². The molecule has 0 aliphatic carbocycles. The molecule has 7 heteroatoms. The number of amides is 1. The molecule has 106 valence electrons. The van der Waals surface area contributed by atoms with Crippen LogP contribution in [0.3, 0.4) is 0 Å². The van der Waals surface area contributed by atoms with Gasteiger partial charge in [0, 0.05) is 15.8 Å². The first kappa shape index (κ1) is 14.0. The van der Waals surface area contributed by atoms with Gasteiger partial charge in [0.25, 0.3) is 5.91 Å². The lowest BCUT2D eigenvalue weighted by Gasteiger charge is -2.05. The number of hydrogen-bond donors (Lipinski definition) is 2. The summed E-state index contributed by atoms with van der Waals surface area (Å²) in [6.07, 6.45) is 3.88. The summed E-state index contributed by atoms with van der Waals surface area (Å²) >= 11 is 8.76. The predicted octanol–water partition coefficient (Wildman–Crippen LogP) is 3.84. The first-order valence-corrected chi connectivity index (χ1v) is 8.41. The molecule has 2 aromatic rings. The first-order chi connectivity index (χ1) is 9.63. The molecule has 0 spiro atoms. The molecular weight excluding hydrogens is 314 g/mol. The van der Waals surface area contributed by atoms with Crippen molar-refractivity contribution in [1.29, 1.82) is 0 Å². The maximum atomic E-state index is 12.3. The summed E-state index contributed by atoms with van der Waals surface area (Å²) in [6, 6.07) is 2.39. The number of carbonyl (C=O) groups is 1. The van der Waals surface area contributed by atoms with Crippen molar-refractivity contribution in [1.82, 2.24) is 10.3 Å². The Morgan fingerprint density at radius 3 is 3.05 bits per heavy atom. The predicted molar refractivity (Wildman–Crippen MR) is 84.1 cm³/mol. The van der Waals surface area contributed by atoms with E-state index in [9.17, 15) is 4.79 Å². The Balaban J connectivity index is 1.77. The van der Waals surface area contributed by atoms with Crippen LogP contribution in [0.15, 0.2) is 12.3 Å². The molecule has 2 aromatic heterocycles. The largest absolute Gasteiger partial charge is 0.309 e. The van der Waals surface area contributed by atoms with Crippen molar-refractivity contribution < 1.29 is 4.79 Å². The average molecular weight is 328 g/mol. The highest BCUT2D eigenvalue weighted by atomic mass is 35.5. The summed E-state index contributed by atoms with van der Waals surface area (Å²) in [5, 5.41) is 6.78. The normalized spacial score (nSPS) is 18.4. The van der Waals surface area contributed by atoms with E-state index in [1.54, 1.807) is 11.3 Å². The number of nitrogens with zero attached hydrogens (tertiary/aromatic N) is 1. The van der Waals surface area contributed by atoms with Gasteiger partial charge >= 0.3 is 0 Å². The minimum Gasteiger partial charge on any atom is -0.309 e. The van der Waals surface area contributed by atoms with E-state index < -0.39 is 0 Å². The standard InChI is InChI=1S/C13H14ClN3OS2/c1-7-8(5-10(19-7)9-3-2-4-15-9)12(18)17-13-16-6-11(14)20-13/h5-6,9,15H,2-4H2,1H3,(H,16,17,18). The minimum absolute atomic E-state index is 0.117. The SMILES string of the molecule is Cc1sc(C2CCCN2)cc1C(=O)Nc1ncc(Cl)s1. The monoisotopic (exact) mass is 327 g/mol. The fourth-order valence-electron chi connectivity index (χ4n) is 2.31. The lowest BCUT2D eigenvalue weighted by molar-refractivity contribution is 0.102. The first-order valence-electron chi connectivity index (χ1n) is 6.40. The van der Waals surface area contributed by atoms with Gasteiger partial charge in [-0.05, 0) is 32.4 Å². The third-order valence-electron chi connectivity index (χ3n) is 3.28. The molecule has 0 aromatic carbocycles. The highest BCUT2D eigenvalue weighted by Crippen LogP contribution is 2.32. The van der Waals surface area contributed by atoms with Crippen molar-refractivity contribution in [2.45, 2.75) is 25.8 Å². The fraction of sp³-hybridized carbons (Fsp3) is 0.385. The van der Waals surface area contributed by atoms with E-state index in [-0.39, 0.29) is 5.91 Å². The fourth-order valence-corrected chi connectivity index (χ4v) is 4.25. The van der Waals surface area contributed by atoms with Gasteiger partial charge in [0.05, 0.1) is 11.8 Å². The van der Waals surface area contributed by atoms with Gasteiger partial charge < -0.3 is 5.32 Å². The van der Waals surface area contributed by atoms with Crippen LogP contribution in [0.2, 0.25) is 4.34 Å². The molecule has 1 aliphatic rings. The third-order valence-corrected chi connectivity index (χ3v) is 5.48. The Hall–Kier alpha value is -0.950. The van der Waals surface area contributed by atoms with Crippen LogP contribution in [0.4, 0.5) is 5.13 Å². The number of thiophene rings is 1. The van der Waals surface area contributed by atoms with Crippen molar-refractivity contribution in [3.63, 3.8) is 0 Å². The minimum atomic E-state index is -0.117. The number of nitrogens with one attached hydrogen (secondary N) is 2. The molecule has 1 atom stereocenters. The van der Waals surface area contributed by atoms with E-state index >= 15 is 0 Å². The van der Waals surface area contributed by atoms with Crippen LogP contribution in [0.25, 0.3) is 0 Å². The van der Waals surface area contributed by atoms with Crippen LogP contribution < -0.4 is 10.6 Å². The summed E-state index contributed by atoms with van der Waals surface area (Å²) < 4.78 is 0.568. The van der Waals surface area contributed by atoms with Gasteiger partial charge in [0.2, 0.25) is 0 Å². The number of rotatable bonds is 3. The smallest absolute Gasteiger partial charge is 0.258 e. The van der Waals surface area contributed by atoms with Crippen molar-refractivity contribution in [2.75, 3.05) is 11.9 Å². The molecule has 4 nitrogen and oxygen atoms in total. The van der Waals surface area contributed by atoms with E-state index in [2.05, 4.69) is 15.6 Å². The number of aromatic nitrogens is 1. The molecule has 20 heavy (non-hydrogen) atoms. The van der Waals surface area contributed by atoms with Gasteiger partial charge in [-0.1, -0.05) is 22.9 Å². The Morgan fingerprint density at radius 1 is 1.55 bits per heavy atom. The van der Waals surface area contributed by atoms with Crippen molar-refractivity contribution in [3.8, 4) is 0 Å². The quantitative estimate of drug-likeness (QED) is 0.900. The Kier molecular flexibility index (Phi) is 4.07. The molecule has 3 rings (SSSR count). The van der Waals surface area contributed by atoms with Crippen molar-refractivity contribution in [2.24, 2.45) is 0 Å². The zero-order valence-corrected chi connectivity index (χ0v) is 13.3. The lowest BCUT2D eigenvalue weighted by Crippen LogP contribution is -2.13. The lowest BCUT2D eigenvalue weighted by atomic mass is 10.1. The van der Waals surface area contributed by atoms with Crippen LogP contribution in [0, 0.1) is 6.92 Å². The number of aryl methyl sites for hydroxylation is 1. The third kappa shape index (κ3) is 2.88. The van der Waals surface area contributed by atoms with E-state index in [1.807, 2.05) is 13.0 Å². The topological polar surface area (TPSA) is 54.0 Å². The molecule has 1 unspecified atom stereocenters. The van der Waals surface area contributed by atoms with Crippen LogP contribution in [-0.4, -0.2) is 17.4 Å². The van der Waals surface area contributed by atoms with E-state index in [0.29, 0.717) is 15.5 Å². The number of hydrogen-bond acceptors (Lipinski definition) is 5. The highest BCUT2D eigenvalue weighted by molar-refractivity contribution is 7.19. The summed E-state index contributed by atoms with van der Waals surface area (Å²) in [4.78, 5) is 18.6. The molecule has 0 saturated carbocycles. The van der Waals surface area contributed by atoms with E-state index in [0.717, 1.165) is 23.4 Å². The second kappa shape index (κ2) is 5.81. The number of carbonyl (C=O) groups excluding carboxylic acids is 1. The average Bonchev–Trinajstić information content (AvgIpc) is 3.09. The molecule has 0 radical (unpaired) electrons. The second-order valence-electron chi connectivity index (χ2n) is 4.69. The Morgan fingerprint density at radius 2 is 2.40 bits per heavy atom. The zero-order chi connectivity index (χ0) is 14.1. The summed E-state index contributed by atoms with van der Waals surface area (Å²) in [6.45, 7) is 3.04. The van der Waals surface area contributed by atoms with Gasteiger partial charge in [-0.25, -0.2) is 4.98 Å². The second-order valence-corrected chi connectivity index (χ2v) is 7.64. The van der Waals surface area contributed by atoms with Gasteiger partial charge in [-0.2, -0.15) is 0 Å².